The molecule has 2 atom stereocenters. The van der Waals surface area contributed by atoms with Crippen molar-refractivity contribution in [1.29, 1.82) is 0 Å². The molecule has 0 saturated heterocycles. The van der Waals surface area contributed by atoms with E-state index in [0.717, 1.165) is 18.5 Å². The van der Waals surface area contributed by atoms with E-state index in [0.29, 0.717) is 5.92 Å². The number of hydrogen-bond acceptors (Lipinski definition) is 2. The summed E-state index contributed by atoms with van der Waals surface area (Å²) in [5, 5.41) is 8.29. The molecule has 0 bridgehead atoms. The van der Waals surface area contributed by atoms with E-state index in [2.05, 4.69) is 38.0 Å². The van der Waals surface area contributed by atoms with Gasteiger partial charge in [-0.15, -0.1) is 0 Å². The number of aryl methyl sites for hydroxylation is 1. The average Bonchev–Trinajstić information content (AvgIpc) is 3.23. The Labute approximate surface area is 130 Å². The molecule has 2 aliphatic carbocycles. The molecule has 2 aliphatic rings. The minimum absolute atomic E-state index is 0.667. The Kier molecular flexibility index (Phi) is 4.82. The summed E-state index contributed by atoms with van der Waals surface area (Å²) in [6, 6.07) is 0.818. The minimum Gasteiger partial charge on any atom is -0.314 e. The van der Waals surface area contributed by atoms with E-state index in [9.17, 15) is 0 Å². The Balaban J connectivity index is 1.78. The topological polar surface area (TPSA) is 29.9 Å². The molecular weight excluding hydrogens is 314 g/mol. The van der Waals surface area contributed by atoms with Gasteiger partial charge < -0.3 is 5.32 Å². The van der Waals surface area contributed by atoms with Gasteiger partial charge >= 0.3 is 0 Å². The zero-order chi connectivity index (χ0) is 13.9. The highest BCUT2D eigenvalue weighted by atomic mass is 79.9. The molecule has 20 heavy (non-hydrogen) atoms. The van der Waals surface area contributed by atoms with Crippen LogP contribution in [0.2, 0.25) is 0 Å². The number of nitrogens with one attached hydrogen (secondary N) is 1. The molecule has 1 aromatic rings. The first-order chi connectivity index (χ1) is 9.79. The second-order valence-corrected chi connectivity index (χ2v) is 7.23. The largest absolute Gasteiger partial charge is 0.314 e. The van der Waals surface area contributed by atoms with Gasteiger partial charge in [0, 0.05) is 18.5 Å². The van der Waals surface area contributed by atoms with Gasteiger partial charge in [0.05, 0.1) is 16.4 Å². The number of rotatable bonds is 5. The molecule has 2 saturated carbocycles. The molecule has 3 rings (SSSR count). The van der Waals surface area contributed by atoms with Gasteiger partial charge in [-0.25, -0.2) is 0 Å². The Hall–Kier alpha value is -0.350. The quantitative estimate of drug-likeness (QED) is 0.819. The monoisotopic (exact) mass is 339 g/mol. The first-order valence-corrected chi connectivity index (χ1v) is 9.03. The molecule has 1 heterocycles. The molecule has 0 amide bonds. The van der Waals surface area contributed by atoms with E-state index < -0.39 is 0 Å². The van der Waals surface area contributed by atoms with Gasteiger partial charge in [-0.1, -0.05) is 19.3 Å². The Bertz CT molecular complexity index is 439. The lowest BCUT2D eigenvalue weighted by atomic mass is 9.85. The lowest BCUT2D eigenvalue weighted by Crippen LogP contribution is -2.29. The highest BCUT2D eigenvalue weighted by Crippen LogP contribution is 2.39. The van der Waals surface area contributed by atoms with Crippen LogP contribution < -0.4 is 5.32 Å². The maximum atomic E-state index is 4.53. The van der Waals surface area contributed by atoms with Crippen LogP contribution in [0.15, 0.2) is 10.7 Å². The smallest absolute Gasteiger partial charge is 0.0635 e. The van der Waals surface area contributed by atoms with Gasteiger partial charge in [-0.05, 0) is 61.0 Å². The van der Waals surface area contributed by atoms with Crippen molar-refractivity contribution in [2.45, 2.75) is 70.4 Å². The summed E-state index contributed by atoms with van der Waals surface area (Å²) in [5.74, 6) is 1.44. The third-order valence-corrected chi connectivity index (χ3v) is 5.50. The normalized spacial score (nSPS) is 27.5. The first kappa shape index (κ1) is 14.6. The van der Waals surface area contributed by atoms with Crippen molar-refractivity contribution >= 4 is 15.9 Å². The van der Waals surface area contributed by atoms with Crippen LogP contribution >= 0.6 is 15.9 Å². The van der Waals surface area contributed by atoms with Crippen molar-refractivity contribution in [3.05, 3.63) is 16.4 Å². The number of halogens is 1. The van der Waals surface area contributed by atoms with Crippen LogP contribution in [0.1, 0.15) is 63.5 Å². The van der Waals surface area contributed by atoms with Crippen LogP contribution in [0.4, 0.5) is 0 Å². The molecule has 1 N–H and O–H groups in total. The summed E-state index contributed by atoms with van der Waals surface area (Å²) in [6.07, 6.45) is 11.6. The third-order valence-electron chi connectivity index (χ3n) is 4.89. The molecule has 0 aromatic carbocycles. The van der Waals surface area contributed by atoms with Crippen molar-refractivity contribution in [2.24, 2.45) is 5.92 Å². The van der Waals surface area contributed by atoms with Crippen molar-refractivity contribution in [3.8, 4) is 0 Å². The highest BCUT2D eigenvalue weighted by Gasteiger charge is 2.31. The van der Waals surface area contributed by atoms with E-state index in [1.165, 1.54) is 61.7 Å². The third kappa shape index (κ3) is 3.28. The second-order valence-electron chi connectivity index (χ2n) is 6.38. The Morgan fingerprint density at radius 1 is 1.25 bits per heavy atom. The summed E-state index contributed by atoms with van der Waals surface area (Å²) >= 11 is 3.74. The van der Waals surface area contributed by atoms with Crippen LogP contribution in [0.25, 0.3) is 0 Å². The second kappa shape index (κ2) is 6.61. The molecule has 3 nitrogen and oxygen atoms in total. The van der Waals surface area contributed by atoms with Crippen molar-refractivity contribution < 1.29 is 0 Å². The fraction of sp³-hybridized carbons (Fsp3) is 0.812. The predicted octanol–water partition coefficient (Wildman–Crippen LogP) is 4.08. The van der Waals surface area contributed by atoms with Crippen LogP contribution in [-0.4, -0.2) is 22.4 Å². The Morgan fingerprint density at radius 3 is 2.80 bits per heavy atom. The standard InChI is InChI=1S/C16H26BrN3/c1-2-20-16(15(17)11-19-20)14-7-5-3-4-6-12(14)10-18-13-8-9-13/h11-14,18H,2-10H2,1H3. The number of nitrogens with zero attached hydrogens (tertiary/aromatic N) is 2. The summed E-state index contributed by atoms with van der Waals surface area (Å²) in [6.45, 7) is 4.36. The van der Waals surface area contributed by atoms with Crippen molar-refractivity contribution in [3.63, 3.8) is 0 Å². The Morgan fingerprint density at radius 2 is 2.05 bits per heavy atom. The molecule has 1 aromatic heterocycles. The lowest BCUT2D eigenvalue weighted by Gasteiger charge is -2.26. The van der Waals surface area contributed by atoms with E-state index >= 15 is 0 Å². The summed E-state index contributed by atoms with van der Waals surface area (Å²) in [7, 11) is 0. The zero-order valence-electron chi connectivity index (χ0n) is 12.4. The van der Waals surface area contributed by atoms with Crippen LogP contribution in [-0.2, 0) is 6.54 Å². The predicted molar refractivity (Wildman–Crippen MR) is 85.9 cm³/mol. The number of aromatic nitrogens is 2. The molecule has 0 radical (unpaired) electrons. The fourth-order valence-corrected chi connectivity index (χ4v) is 4.18. The molecule has 0 spiro atoms. The molecule has 0 aliphatic heterocycles. The van der Waals surface area contributed by atoms with Gasteiger partial charge in [0.15, 0.2) is 0 Å². The highest BCUT2D eigenvalue weighted by molar-refractivity contribution is 9.10. The van der Waals surface area contributed by atoms with Crippen molar-refractivity contribution in [1.82, 2.24) is 15.1 Å². The van der Waals surface area contributed by atoms with Gasteiger partial charge in [-0.3, -0.25) is 4.68 Å². The van der Waals surface area contributed by atoms with Crippen molar-refractivity contribution in [2.75, 3.05) is 6.54 Å². The summed E-state index contributed by atoms with van der Waals surface area (Å²) in [4.78, 5) is 0. The molecular formula is C16H26BrN3. The van der Waals surface area contributed by atoms with Gasteiger partial charge in [0.25, 0.3) is 0 Å². The van der Waals surface area contributed by atoms with Gasteiger partial charge in [0.2, 0.25) is 0 Å². The van der Waals surface area contributed by atoms with Gasteiger partial charge in [-0.2, -0.15) is 5.10 Å². The molecule has 2 fully saturated rings. The average molecular weight is 340 g/mol. The molecule has 4 heteroatoms. The van der Waals surface area contributed by atoms with Gasteiger partial charge in [0.1, 0.15) is 0 Å². The number of hydrogen-bond donors (Lipinski definition) is 1. The maximum absolute atomic E-state index is 4.53. The molecule has 112 valence electrons. The summed E-state index contributed by atoms with van der Waals surface area (Å²) < 4.78 is 3.41. The molecule has 2 unspecified atom stereocenters. The van der Waals surface area contributed by atoms with E-state index in [-0.39, 0.29) is 0 Å². The first-order valence-electron chi connectivity index (χ1n) is 8.24. The zero-order valence-corrected chi connectivity index (χ0v) is 14.0. The van der Waals surface area contributed by atoms with E-state index in [1.54, 1.807) is 0 Å². The van der Waals surface area contributed by atoms with Crippen LogP contribution in [0.5, 0.6) is 0 Å². The maximum Gasteiger partial charge on any atom is 0.0635 e. The van der Waals surface area contributed by atoms with E-state index in [4.69, 9.17) is 0 Å². The summed E-state index contributed by atoms with van der Waals surface area (Å²) in [5.41, 5.74) is 1.44. The van der Waals surface area contributed by atoms with E-state index in [1.807, 2.05) is 6.20 Å². The lowest BCUT2D eigenvalue weighted by molar-refractivity contribution is 0.356. The fourth-order valence-electron chi connectivity index (χ4n) is 3.59. The SMILES string of the molecule is CCn1ncc(Br)c1C1CCCCCC1CNC1CC1. The minimum atomic E-state index is 0.667. The van der Waals surface area contributed by atoms with Crippen LogP contribution in [0, 0.1) is 5.92 Å². The van der Waals surface area contributed by atoms with Crippen LogP contribution in [0.3, 0.4) is 0 Å².